The summed E-state index contributed by atoms with van der Waals surface area (Å²) in [5, 5.41) is 11.4. The number of rotatable bonds is 4. The van der Waals surface area contributed by atoms with Crippen molar-refractivity contribution < 1.29 is 21.9 Å². The fourth-order valence-electron chi connectivity index (χ4n) is 3.02. The number of sulfonamides is 1. The van der Waals surface area contributed by atoms with Crippen molar-refractivity contribution in [2.45, 2.75) is 37.8 Å². The Morgan fingerprint density at radius 1 is 1.04 bits per heavy atom. The van der Waals surface area contributed by atoms with E-state index < -0.39 is 43.5 Å². The largest absolute Gasteiger partial charge is 0.390 e. The quantitative estimate of drug-likeness (QED) is 0.757. The first-order valence-corrected chi connectivity index (χ1v) is 10.8. The van der Waals surface area contributed by atoms with Gasteiger partial charge in [-0.25, -0.2) is 21.8 Å². The van der Waals surface area contributed by atoms with E-state index in [1.807, 2.05) is 13.8 Å². The van der Waals surface area contributed by atoms with Gasteiger partial charge in [-0.05, 0) is 43.5 Å². The molecular formula is C15H24N2O5S2. The Bertz CT molecular complexity index is 847. The normalized spacial score (nSPS) is 24.0. The van der Waals surface area contributed by atoms with E-state index in [-0.39, 0.29) is 4.90 Å². The highest BCUT2D eigenvalue weighted by atomic mass is 32.2. The van der Waals surface area contributed by atoms with Gasteiger partial charge < -0.3 is 5.11 Å². The molecule has 1 N–H and O–H groups in total. The molecule has 0 aromatic heterocycles. The first kappa shape index (κ1) is 19.3. The number of sulfone groups is 1. The smallest absolute Gasteiger partial charge is 0.256 e. The second-order valence-corrected chi connectivity index (χ2v) is 10.5. The van der Waals surface area contributed by atoms with Gasteiger partial charge in [-0.1, -0.05) is 6.07 Å². The van der Waals surface area contributed by atoms with Crippen molar-refractivity contribution >= 4 is 19.9 Å². The summed E-state index contributed by atoms with van der Waals surface area (Å²) in [4.78, 5) is 0.121. The van der Waals surface area contributed by atoms with Crippen LogP contribution in [0.5, 0.6) is 0 Å². The lowest BCUT2D eigenvalue weighted by molar-refractivity contribution is 0.0271. The van der Waals surface area contributed by atoms with Crippen molar-refractivity contribution in [3.63, 3.8) is 0 Å². The van der Waals surface area contributed by atoms with Gasteiger partial charge in [-0.3, -0.25) is 0 Å². The highest BCUT2D eigenvalue weighted by Gasteiger charge is 2.46. The SMILES string of the molecule is Cc1cc(C)c(S(=O)(=O)N([C@H]2CS(=O)(=O)C[C@H]2O)N(C)C)cc1C. The molecule has 2 rings (SSSR count). The molecule has 7 nitrogen and oxygen atoms in total. The van der Waals surface area contributed by atoms with Gasteiger partial charge in [0.15, 0.2) is 9.84 Å². The van der Waals surface area contributed by atoms with E-state index in [4.69, 9.17) is 0 Å². The van der Waals surface area contributed by atoms with E-state index >= 15 is 0 Å². The van der Waals surface area contributed by atoms with E-state index in [1.54, 1.807) is 19.1 Å². The molecule has 0 unspecified atom stereocenters. The minimum Gasteiger partial charge on any atom is -0.390 e. The third-order valence-electron chi connectivity index (χ3n) is 4.29. The average molecular weight is 377 g/mol. The van der Waals surface area contributed by atoms with Gasteiger partial charge in [0.1, 0.15) is 0 Å². The predicted molar refractivity (Wildman–Crippen MR) is 91.8 cm³/mol. The van der Waals surface area contributed by atoms with Crippen LogP contribution >= 0.6 is 0 Å². The van der Waals surface area contributed by atoms with Gasteiger partial charge in [-0.2, -0.15) is 0 Å². The molecule has 0 bridgehead atoms. The first-order valence-electron chi connectivity index (χ1n) is 7.55. The molecule has 1 heterocycles. The zero-order chi connectivity index (χ0) is 18.4. The third-order valence-corrected chi connectivity index (χ3v) is 8.07. The van der Waals surface area contributed by atoms with Crippen molar-refractivity contribution in [1.29, 1.82) is 0 Å². The summed E-state index contributed by atoms with van der Waals surface area (Å²) < 4.78 is 51.0. The predicted octanol–water partition coefficient (Wildman–Crippen LogP) is 0.237. The van der Waals surface area contributed by atoms with Crippen LogP contribution in [0.2, 0.25) is 0 Å². The zero-order valence-electron chi connectivity index (χ0n) is 14.5. The second-order valence-electron chi connectivity index (χ2n) is 6.54. The van der Waals surface area contributed by atoms with Gasteiger partial charge in [0.2, 0.25) is 0 Å². The van der Waals surface area contributed by atoms with Crippen LogP contribution in [0, 0.1) is 20.8 Å². The molecule has 24 heavy (non-hydrogen) atoms. The summed E-state index contributed by atoms with van der Waals surface area (Å²) in [6.45, 7) is 5.42. The van der Waals surface area contributed by atoms with Crippen molar-refractivity contribution in [2.75, 3.05) is 25.6 Å². The molecule has 1 aromatic rings. The minimum absolute atomic E-state index is 0.121. The Kier molecular flexibility index (Phi) is 5.14. The lowest BCUT2D eigenvalue weighted by Gasteiger charge is -2.34. The summed E-state index contributed by atoms with van der Waals surface area (Å²) in [5.74, 6) is -0.821. The fraction of sp³-hybridized carbons (Fsp3) is 0.600. The van der Waals surface area contributed by atoms with E-state index in [2.05, 4.69) is 0 Å². The summed E-state index contributed by atoms with van der Waals surface area (Å²) in [6.07, 6.45) is -1.25. The van der Waals surface area contributed by atoms with E-state index in [0.717, 1.165) is 15.5 Å². The highest BCUT2D eigenvalue weighted by Crippen LogP contribution is 2.29. The molecule has 9 heteroatoms. The van der Waals surface area contributed by atoms with E-state index in [9.17, 15) is 21.9 Å². The molecule has 1 aliphatic heterocycles. The van der Waals surface area contributed by atoms with E-state index in [1.165, 1.54) is 19.1 Å². The summed E-state index contributed by atoms with van der Waals surface area (Å²) in [5.41, 5.74) is 2.39. The van der Waals surface area contributed by atoms with Crippen LogP contribution in [0.3, 0.4) is 0 Å². The first-order chi connectivity index (χ1) is 10.9. The monoisotopic (exact) mass is 376 g/mol. The van der Waals surface area contributed by atoms with Crippen LogP contribution in [-0.2, 0) is 19.9 Å². The molecular weight excluding hydrogens is 352 g/mol. The minimum atomic E-state index is -4.00. The molecule has 1 fully saturated rings. The number of nitrogens with zero attached hydrogens (tertiary/aromatic N) is 2. The molecule has 0 amide bonds. The Hall–Kier alpha value is -1.00. The molecule has 1 aromatic carbocycles. The third kappa shape index (κ3) is 3.50. The molecule has 136 valence electrons. The van der Waals surface area contributed by atoms with Crippen molar-refractivity contribution in [3.05, 3.63) is 28.8 Å². The van der Waals surface area contributed by atoms with Crippen molar-refractivity contribution in [1.82, 2.24) is 9.42 Å². The number of aliphatic hydroxyl groups excluding tert-OH is 1. The maximum absolute atomic E-state index is 13.2. The van der Waals surface area contributed by atoms with Crippen molar-refractivity contribution in [3.8, 4) is 0 Å². The van der Waals surface area contributed by atoms with Gasteiger partial charge >= 0.3 is 0 Å². The van der Waals surface area contributed by atoms with Crippen LogP contribution in [0.25, 0.3) is 0 Å². The second kappa shape index (κ2) is 6.38. The summed E-state index contributed by atoms with van der Waals surface area (Å²) in [6, 6.07) is 2.35. The van der Waals surface area contributed by atoms with Crippen LogP contribution in [0.15, 0.2) is 17.0 Å². The lowest BCUT2D eigenvalue weighted by atomic mass is 10.1. The Morgan fingerprint density at radius 2 is 1.58 bits per heavy atom. The summed E-state index contributed by atoms with van der Waals surface area (Å²) >= 11 is 0. The average Bonchev–Trinajstić information content (AvgIpc) is 2.66. The van der Waals surface area contributed by atoms with Crippen molar-refractivity contribution in [2.24, 2.45) is 0 Å². The topological polar surface area (TPSA) is 95.0 Å². The Morgan fingerprint density at radius 3 is 2.04 bits per heavy atom. The number of aliphatic hydroxyl groups is 1. The number of hydrogen-bond donors (Lipinski definition) is 1. The Labute approximate surface area is 143 Å². The number of benzene rings is 1. The Balaban J connectivity index is 2.58. The van der Waals surface area contributed by atoms with Gasteiger partial charge in [0.25, 0.3) is 10.0 Å². The molecule has 2 atom stereocenters. The van der Waals surface area contributed by atoms with Crippen LogP contribution in [0.4, 0.5) is 0 Å². The van der Waals surface area contributed by atoms with Gasteiger partial charge in [0.05, 0.1) is 28.5 Å². The highest BCUT2D eigenvalue weighted by molar-refractivity contribution is 7.92. The molecule has 1 saturated heterocycles. The van der Waals surface area contributed by atoms with Gasteiger partial charge in [-0.15, -0.1) is 4.41 Å². The van der Waals surface area contributed by atoms with E-state index in [0.29, 0.717) is 5.56 Å². The lowest BCUT2D eigenvalue weighted by Crippen LogP contribution is -2.53. The molecule has 0 saturated carbocycles. The standard InChI is InChI=1S/C15H24N2O5S2/c1-10-6-12(3)15(7-11(10)2)24(21,22)17(16(4)5)13-8-23(19,20)9-14(13)18/h6-7,13-14,18H,8-9H2,1-5H3/t13-,14+/m0/s1. The fourth-order valence-corrected chi connectivity index (χ4v) is 6.88. The maximum Gasteiger partial charge on any atom is 0.256 e. The van der Waals surface area contributed by atoms with Crippen LogP contribution in [0.1, 0.15) is 16.7 Å². The number of hydrogen-bond acceptors (Lipinski definition) is 6. The van der Waals surface area contributed by atoms with Crippen LogP contribution < -0.4 is 0 Å². The zero-order valence-corrected chi connectivity index (χ0v) is 16.1. The molecule has 1 aliphatic rings. The van der Waals surface area contributed by atoms with Gasteiger partial charge in [0, 0.05) is 14.1 Å². The molecule has 0 radical (unpaired) electrons. The number of aryl methyl sites for hydroxylation is 3. The molecule has 0 spiro atoms. The number of hydrazine groups is 1. The maximum atomic E-state index is 13.2. The summed E-state index contributed by atoms with van der Waals surface area (Å²) in [7, 11) is -4.44. The molecule has 0 aliphatic carbocycles. The van der Waals surface area contributed by atoms with Crippen LogP contribution in [-0.4, -0.2) is 69.1 Å².